The normalized spacial score (nSPS) is 15.8. The predicted octanol–water partition coefficient (Wildman–Crippen LogP) is 4.09. The summed E-state index contributed by atoms with van der Waals surface area (Å²) in [7, 11) is -4.94. The molecule has 2 aromatic carbocycles. The van der Waals surface area contributed by atoms with Crippen LogP contribution in [0.1, 0.15) is 126 Å². The molecule has 306 valence electrons. The number of hydrogen-bond acceptors (Lipinski definition) is 5. The largest absolute Gasteiger partial charge is 0.307 e. The summed E-state index contributed by atoms with van der Waals surface area (Å²) < 4.78 is 39.2. The van der Waals surface area contributed by atoms with Gasteiger partial charge in [-0.2, -0.15) is 0 Å². The van der Waals surface area contributed by atoms with E-state index in [4.69, 9.17) is 23.6 Å². The Bertz CT molecular complexity index is 2650. The molecule has 0 unspecified atom stereocenters. The minimum atomic E-state index is -4.94. The van der Waals surface area contributed by atoms with E-state index in [1.54, 1.807) is 0 Å². The van der Waals surface area contributed by atoms with Gasteiger partial charge >= 0.3 is 0 Å². The van der Waals surface area contributed by atoms with Crippen LogP contribution < -0.4 is 34.3 Å². The maximum atomic E-state index is 8.49. The van der Waals surface area contributed by atoms with Gasteiger partial charge in [0.25, 0.3) is 0 Å². The van der Waals surface area contributed by atoms with E-state index in [1.807, 2.05) is 0 Å². The summed E-state index contributed by atoms with van der Waals surface area (Å²) in [5.74, 6) is 0. The average Bonchev–Trinajstić information content (AvgIpc) is 3.89. The fourth-order valence-corrected chi connectivity index (χ4v) is 9.83. The van der Waals surface area contributed by atoms with Crippen LogP contribution in [0.25, 0.3) is 29.6 Å². The van der Waals surface area contributed by atoms with E-state index in [0.29, 0.717) is 0 Å². The molecule has 0 atom stereocenters. The average molecular weight is 811 g/mol. The van der Waals surface area contributed by atoms with Crippen LogP contribution in [-0.4, -0.2) is 20.6 Å². The lowest BCUT2D eigenvalue weighted by Gasteiger charge is -2.21. The van der Waals surface area contributed by atoms with Crippen LogP contribution in [0.3, 0.4) is 0 Å². The number of allylic oxidation sites excluding steroid dienone is 5. The Balaban J connectivity index is 0.000000997. The van der Waals surface area contributed by atoms with Crippen molar-refractivity contribution in [2.45, 2.75) is 107 Å². The Labute approximate surface area is 350 Å². The van der Waals surface area contributed by atoms with E-state index in [1.165, 1.54) is 101 Å². The van der Waals surface area contributed by atoms with Crippen LogP contribution in [0.15, 0.2) is 105 Å². The van der Waals surface area contributed by atoms with Gasteiger partial charge in [0.15, 0.2) is 0 Å². The molecule has 0 radical (unpaired) electrons. The van der Waals surface area contributed by atoms with Crippen LogP contribution in [0, 0.1) is 10.2 Å². The first-order valence-corrected chi connectivity index (χ1v) is 22.5. The third-order valence-corrected chi connectivity index (χ3v) is 12.1. The molecule has 4 aliphatic rings. The van der Waals surface area contributed by atoms with Crippen molar-refractivity contribution < 1.29 is 33.9 Å². The maximum Gasteiger partial charge on any atom is 0.209 e. The number of benzene rings is 2. The Morgan fingerprint density at radius 1 is 0.492 bits per heavy atom. The van der Waals surface area contributed by atoms with Crippen LogP contribution in [-0.2, 0) is 25.7 Å². The highest BCUT2D eigenvalue weighted by Crippen LogP contribution is 2.41. The Hall–Kier alpha value is -5.09. The van der Waals surface area contributed by atoms with Gasteiger partial charge in [-0.25, -0.2) is 28.6 Å². The van der Waals surface area contributed by atoms with Crippen LogP contribution in [0.2, 0.25) is 0 Å². The number of halogens is 1. The van der Waals surface area contributed by atoms with E-state index < -0.39 is 10.2 Å². The van der Waals surface area contributed by atoms with Crippen molar-refractivity contribution in [3.8, 4) is 0 Å². The quantitative estimate of drug-likeness (QED) is 0.228. The zero-order valence-electron chi connectivity index (χ0n) is 35.6. The summed E-state index contributed by atoms with van der Waals surface area (Å²) in [6.45, 7) is 18.5. The molecule has 2 aromatic heterocycles. The van der Waals surface area contributed by atoms with Crippen LogP contribution in [0.4, 0.5) is 0 Å². The van der Waals surface area contributed by atoms with E-state index in [0.717, 1.165) is 62.8 Å². The second-order valence-corrected chi connectivity index (χ2v) is 15.8. The number of aliphatic imine (C=N–C) groups is 1. The smallest absolute Gasteiger partial charge is 0.209 e. The molecule has 0 saturated carbocycles. The minimum Gasteiger partial charge on any atom is -0.307 e. The van der Waals surface area contributed by atoms with Crippen molar-refractivity contribution >= 4 is 41.0 Å². The number of fused-ring (bicyclic) bond motifs is 2. The Morgan fingerprint density at radius 3 is 1.42 bits per heavy atom. The highest BCUT2D eigenvalue weighted by Gasteiger charge is 2.34. The molecule has 0 amide bonds. The van der Waals surface area contributed by atoms with Gasteiger partial charge in [-0.05, 0) is 96.9 Å². The fraction of sp³-hybridized carbons (Fsp3) is 0.320. The Kier molecular flexibility index (Phi) is 12.3. The second-order valence-electron chi connectivity index (χ2n) is 15.1. The molecule has 0 saturated heterocycles. The molecule has 0 fully saturated rings. The fourth-order valence-electron chi connectivity index (χ4n) is 9.83. The molecule has 6 heterocycles. The molecule has 1 N–H and O–H groups in total. The number of aromatic nitrogens is 2. The Morgan fingerprint density at radius 2 is 0.949 bits per heavy atom. The van der Waals surface area contributed by atoms with Gasteiger partial charge in [0.05, 0.1) is 44.9 Å². The molecule has 8 nitrogen and oxygen atoms in total. The second kappa shape index (κ2) is 17.3. The number of hydrogen-bond donors (Lipinski definition) is 1. The molecule has 0 spiro atoms. The van der Waals surface area contributed by atoms with E-state index in [9.17, 15) is 0 Å². The summed E-state index contributed by atoms with van der Waals surface area (Å²) >= 11 is 0. The highest BCUT2D eigenvalue weighted by atomic mass is 35.7. The van der Waals surface area contributed by atoms with Crippen molar-refractivity contribution in [1.82, 2.24) is 9.13 Å². The van der Waals surface area contributed by atoms with Crippen molar-refractivity contribution in [2.75, 3.05) is 0 Å². The molecule has 59 heavy (non-hydrogen) atoms. The SMILES string of the molecule is CCC1=C(CC)C2=NC1=Cc1c(CC)c(CC)c3n1C(c1ccccc1)=C(c1ccccc1)n1c(c(CC)c(CC)c1=C3)=CC1=[NH+]C(=C2)C(CC)=C1CC.[O-][Cl+3]([O-])([O-])[O-]. The first kappa shape index (κ1) is 42.0. The first-order valence-electron chi connectivity index (χ1n) is 21.3. The van der Waals surface area contributed by atoms with Gasteiger partial charge in [-0.15, -0.1) is 10.2 Å². The van der Waals surface area contributed by atoms with E-state index >= 15 is 0 Å². The summed E-state index contributed by atoms with van der Waals surface area (Å²) in [6.07, 6.45) is 17.4. The lowest BCUT2D eigenvalue weighted by Crippen LogP contribution is -2.68. The zero-order valence-corrected chi connectivity index (χ0v) is 36.3. The van der Waals surface area contributed by atoms with Crippen molar-refractivity contribution in [1.29, 1.82) is 0 Å². The highest BCUT2D eigenvalue weighted by molar-refractivity contribution is 6.20. The van der Waals surface area contributed by atoms with Crippen molar-refractivity contribution in [3.05, 3.63) is 156 Å². The van der Waals surface area contributed by atoms with Gasteiger partial charge < -0.3 is 9.13 Å². The van der Waals surface area contributed by atoms with Gasteiger partial charge in [0.1, 0.15) is 0 Å². The molecular weight excluding hydrogens is 756 g/mol. The van der Waals surface area contributed by atoms with Gasteiger partial charge in [-0.1, -0.05) is 116 Å². The van der Waals surface area contributed by atoms with E-state index in [2.05, 4.69) is 154 Å². The van der Waals surface area contributed by atoms with Crippen LogP contribution in [0.5, 0.6) is 0 Å². The zero-order chi connectivity index (χ0) is 42.2. The lowest BCUT2D eigenvalue weighted by atomic mass is 9.96. The van der Waals surface area contributed by atoms with E-state index in [-0.39, 0.29) is 0 Å². The predicted molar refractivity (Wildman–Crippen MR) is 229 cm³/mol. The first-order chi connectivity index (χ1) is 28.5. The molecule has 6 bridgehead atoms. The molecule has 9 heteroatoms. The van der Waals surface area contributed by atoms with Crippen molar-refractivity contribution in [2.24, 2.45) is 4.99 Å². The van der Waals surface area contributed by atoms with Crippen LogP contribution >= 0.6 is 0 Å². The van der Waals surface area contributed by atoms with Gasteiger partial charge in [0.2, 0.25) is 11.4 Å². The lowest BCUT2D eigenvalue weighted by molar-refractivity contribution is -2.00. The van der Waals surface area contributed by atoms with Gasteiger partial charge in [0, 0.05) is 34.4 Å². The molecule has 0 aliphatic carbocycles. The summed E-state index contributed by atoms with van der Waals surface area (Å²) in [6, 6.07) is 22.3. The third-order valence-electron chi connectivity index (χ3n) is 12.1. The summed E-state index contributed by atoms with van der Waals surface area (Å²) in [5.41, 5.74) is 23.2. The summed E-state index contributed by atoms with van der Waals surface area (Å²) in [5, 5.41) is 2.57. The standard InChI is InChI=1S/C50H54N4.ClHO4/c1-9-33-35(11-3)43-28-45-37(13-5)39(15-7)47-30-48-40(16-8)38(14-6)46(29-44-36(12-4)34(10-2)42(52-44)27-41(33)51-43)54(48)50(32-25-21-18-22-26-32)49(53(45)47)31-23-19-17-20-24-31;2-1(3,4)5/h17-30H,9-16H2,1-8H3;(H,2,3,4,5). The number of rotatable bonds is 10. The molecule has 8 rings (SSSR count). The van der Waals surface area contributed by atoms with Gasteiger partial charge in [-0.3, -0.25) is 0 Å². The van der Waals surface area contributed by atoms with Crippen molar-refractivity contribution in [3.63, 3.8) is 0 Å². The number of nitrogens with zero attached hydrogens (tertiary/aromatic N) is 3. The molecule has 4 aliphatic heterocycles. The summed E-state index contributed by atoms with van der Waals surface area (Å²) in [4.78, 5) is 9.57. The minimum absolute atomic E-state index is 0.938. The maximum absolute atomic E-state index is 8.49. The third kappa shape index (κ3) is 7.53. The monoisotopic (exact) mass is 810 g/mol. The number of nitrogens with one attached hydrogen (secondary N) is 1. The molecular formula is C50H55ClN4O4. The molecule has 4 aromatic rings. The topological polar surface area (TPSA) is 128 Å².